The van der Waals surface area contributed by atoms with Crippen LogP contribution in [0, 0.1) is 10.1 Å². The van der Waals surface area contributed by atoms with Gasteiger partial charge in [-0.05, 0) is 36.5 Å². The van der Waals surface area contributed by atoms with Gasteiger partial charge in [-0.1, -0.05) is 36.4 Å². The van der Waals surface area contributed by atoms with Crippen molar-refractivity contribution in [1.82, 2.24) is 5.32 Å². The Kier molecular flexibility index (Phi) is 4.31. The van der Waals surface area contributed by atoms with Gasteiger partial charge < -0.3 is 10.4 Å². The Morgan fingerprint density at radius 3 is 2.71 bits per heavy atom. The Bertz CT molecular complexity index is 790. The van der Waals surface area contributed by atoms with E-state index in [-0.39, 0.29) is 17.8 Å². The standard InChI is InChI=1S/C18H18N2O4/c21-17(14-8-2-4-10-16(14)20(23)24)19-12-18(22)11-5-7-13-6-1-3-9-15(13)18/h1-4,6,8-10,22H,5,7,11-12H2,(H,19,21)/t18-/m0/s1. The van der Waals surface area contributed by atoms with E-state index in [2.05, 4.69) is 5.32 Å². The van der Waals surface area contributed by atoms with Crippen molar-refractivity contribution in [2.45, 2.75) is 24.9 Å². The van der Waals surface area contributed by atoms with Crippen LogP contribution >= 0.6 is 0 Å². The monoisotopic (exact) mass is 326 g/mol. The fraction of sp³-hybridized carbons (Fsp3) is 0.278. The first-order valence-electron chi connectivity index (χ1n) is 7.84. The summed E-state index contributed by atoms with van der Waals surface area (Å²) in [7, 11) is 0. The topological polar surface area (TPSA) is 92.5 Å². The van der Waals surface area contributed by atoms with Gasteiger partial charge in [-0.15, -0.1) is 0 Å². The smallest absolute Gasteiger partial charge is 0.282 e. The highest BCUT2D eigenvalue weighted by molar-refractivity contribution is 5.98. The highest BCUT2D eigenvalue weighted by Crippen LogP contribution is 2.34. The maximum atomic E-state index is 12.3. The van der Waals surface area contributed by atoms with E-state index in [0.29, 0.717) is 6.42 Å². The van der Waals surface area contributed by atoms with E-state index in [9.17, 15) is 20.0 Å². The number of nitro benzene ring substituents is 1. The zero-order chi connectivity index (χ0) is 17.2. The molecule has 1 amide bonds. The van der Waals surface area contributed by atoms with Crippen molar-refractivity contribution in [1.29, 1.82) is 0 Å². The second-order valence-electron chi connectivity index (χ2n) is 6.00. The van der Waals surface area contributed by atoms with Crippen molar-refractivity contribution in [3.63, 3.8) is 0 Å². The first kappa shape index (κ1) is 16.1. The van der Waals surface area contributed by atoms with E-state index in [1.165, 1.54) is 18.2 Å². The Morgan fingerprint density at radius 2 is 1.92 bits per heavy atom. The molecule has 0 spiro atoms. The molecule has 2 aromatic rings. The van der Waals surface area contributed by atoms with Gasteiger partial charge in [0.25, 0.3) is 11.6 Å². The second kappa shape index (κ2) is 6.41. The second-order valence-corrected chi connectivity index (χ2v) is 6.00. The average Bonchev–Trinajstić information content (AvgIpc) is 2.60. The van der Waals surface area contributed by atoms with Crippen LogP contribution in [-0.2, 0) is 12.0 Å². The maximum absolute atomic E-state index is 12.3. The molecule has 1 aliphatic rings. The number of rotatable bonds is 4. The molecule has 0 bridgehead atoms. The van der Waals surface area contributed by atoms with Gasteiger partial charge in [0, 0.05) is 6.07 Å². The highest BCUT2D eigenvalue weighted by Gasteiger charge is 2.34. The fourth-order valence-electron chi connectivity index (χ4n) is 3.23. The summed E-state index contributed by atoms with van der Waals surface area (Å²) in [5.41, 5.74) is 0.500. The predicted octanol–water partition coefficient (Wildman–Crippen LogP) is 2.55. The predicted molar refractivity (Wildman–Crippen MR) is 88.7 cm³/mol. The van der Waals surface area contributed by atoms with Crippen LogP contribution in [-0.4, -0.2) is 22.5 Å². The summed E-state index contributed by atoms with van der Waals surface area (Å²) in [4.78, 5) is 22.8. The molecule has 6 nitrogen and oxygen atoms in total. The van der Waals surface area contributed by atoms with Gasteiger partial charge in [-0.25, -0.2) is 0 Å². The van der Waals surface area contributed by atoms with Crippen molar-refractivity contribution < 1.29 is 14.8 Å². The quantitative estimate of drug-likeness (QED) is 0.667. The Hall–Kier alpha value is -2.73. The molecule has 0 saturated heterocycles. The molecular weight excluding hydrogens is 308 g/mol. The third kappa shape index (κ3) is 3.00. The molecule has 1 aliphatic carbocycles. The summed E-state index contributed by atoms with van der Waals surface area (Å²) in [6, 6.07) is 13.4. The molecule has 1 atom stereocenters. The number of carbonyl (C=O) groups excluding carboxylic acids is 1. The lowest BCUT2D eigenvalue weighted by atomic mass is 9.79. The first-order chi connectivity index (χ1) is 11.5. The molecule has 0 aromatic heterocycles. The lowest BCUT2D eigenvalue weighted by molar-refractivity contribution is -0.385. The lowest BCUT2D eigenvalue weighted by Crippen LogP contribution is -2.43. The highest BCUT2D eigenvalue weighted by atomic mass is 16.6. The minimum absolute atomic E-state index is 0.00445. The Balaban J connectivity index is 1.79. The van der Waals surface area contributed by atoms with Gasteiger partial charge in [0.1, 0.15) is 11.2 Å². The largest absolute Gasteiger partial charge is 0.383 e. The molecule has 0 unspecified atom stereocenters. The minimum Gasteiger partial charge on any atom is -0.383 e. The summed E-state index contributed by atoms with van der Waals surface area (Å²) in [6.07, 6.45) is 2.27. The van der Waals surface area contributed by atoms with E-state index in [0.717, 1.165) is 24.0 Å². The first-order valence-corrected chi connectivity index (χ1v) is 7.84. The molecule has 0 aliphatic heterocycles. The van der Waals surface area contributed by atoms with Gasteiger partial charge in [0.2, 0.25) is 0 Å². The van der Waals surface area contributed by atoms with Crippen LogP contribution in [0.4, 0.5) is 5.69 Å². The molecule has 0 radical (unpaired) electrons. The molecule has 0 saturated carbocycles. The zero-order valence-electron chi connectivity index (χ0n) is 13.1. The lowest BCUT2D eigenvalue weighted by Gasteiger charge is -2.34. The van der Waals surface area contributed by atoms with Gasteiger partial charge in [-0.2, -0.15) is 0 Å². The molecule has 2 aromatic carbocycles. The molecule has 24 heavy (non-hydrogen) atoms. The number of hydrogen-bond acceptors (Lipinski definition) is 4. The number of benzene rings is 2. The van der Waals surface area contributed by atoms with Crippen LogP contribution in [0.15, 0.2) is 48.5 Å². The van der Waals surface area contributed by atoms with E-state index in [1.807, 2.05) is 24.3 Å². The van der Waals surface area contributed by atoms with Crippen LogP contribution in [0.5, 0.6) is 0 Å². The van der Waals surface area contributed by atoms with Gasteiger partial charge in [-0.3, -0.25) is 14.9 Å². The normalized spacial score (nSPS) is 19.4. The van der Waals surface area contributed by atoms with Crippen molar-refractivity contribution >= 4 is 11.6 Å². The van der Waals surface area contributed by atoms with Crippen LogP contribution in [0.3, 0.4) is 0 Å². The van der Waals surface area contributed by atoms with Crippen LogP contribution < -0.4 is 5.32 Å². The van der Waals surface area contributed by atoms with Crippen LogP contribution in [0.1, 0.15) is 34.3 Å². The number of carbonyl (C=O) groups is 1. The van der Waals surface area contributed by atoms with Crippen molar-refractivity contribution in [2.24, 2.45) is 0 Å². The van der Waals surface area contributed by atoms with E-state index < -0.39 is 16.4 Å². The van der Waals surface area contributed by atoms with Crippen molar-refractivity contribution in [3.8, 4) is 0 Å². The van der Waals surface area contributed by atoms with E-state index >= 15 is 0 Å². The van der Waals surface area contributed by atoms with E-state index in [1.54, 1.807) is 6.07 Å². The number of nitrogens with zero attached hydrogens (tertiary/aromatic N) is 1. The van der Waals surface area contributed by atoms with Crippen molar-refractivity contribution in [2.75, 3.05) is 6.54 Å². The number of nitrogens with one attached hydrogen (secondary N) is 1. The van der Waals surface area contributed by atoms with Crippen molar-refractivity contribution in [3.05, 3.63) is 75.3 Å². The van der Waals surface area contributed by atoms with Crippen LogP contribution in [0.2, 0.25) is 0 Å². The van der Waals surface area contributed by atoms with Gasteiger partial charge in [0.15, 0.2) is 0 Å². The average molecular weight is 326 g/mol. The van der Waals surface area contributed by atoms with Gasteiger partial charge in [0.05, 0.1) is 11.5 Å². The Morgan fingerprint density at radius 1 is 1.21 bits per heavy atom. The summed E-state index contributed by atoms with van der Waals surface area (Å²) < 4.78 is 0. The third-order valence-electron chi connectivity index (χ3n) is 4.44. The molecular formula is C18H18N2O4. The number of para-hydroxylation sites is 1. The SMILES string of the molecule is O=C(NC[C@@]1(O)CCCc2ccccc21)c1ccccc1[N+](=O)[O-]. The number of nitro groups is 1. The van der Waals surface area contributed by atoms with E-state index in [4.69, 9.17) is 0 Å². The molecule has 6 heteroatoms. The number of amides is 1. The number of aliphatic hydroxyl groups is 1. The molecule has 0 fully saturated rings. The summed E-state index contributed by atoms with van der Waals surface area (Å²) >= 11 is 0. The number of hydrogen-bond donors (Lipinski definition) is 2. The third-order valence-corrected chi connectivity index (χ3v) is 4.44. The summed E-state index contributed by atoms with van der Waals surface area (Å²) in [6.45, 7) is 0.0227. The minimum atomic E-state index is -1.14. The molecule has 2 N–H and O–H groups in total. The molecule has 0 heterocycles. The number of fused-ring (bicyclic) bond motifs is 1. The fourth-order valence-corrected chi connectivity index (χ4v) is 3.23. The maximum Gasteiger partial charge on any atom is 0.282 e. The molecule has 124 valence electrons. The zero-order valence-corrected chi connectivity index (χ0v) is 13.1. The Labute approximate surface area is 139 Å². The van der Waals surface area contributed by atoms with Gasteiger partial charge >= 0.3 is 0 Å². The number of aryl methyl sites for hydroxylation is 1. The summed E-state index contributed by atoms with van der Waals surface area (Å²) in [5.74, 6) is -0.557. The summed E-state index contributed by atoms with van der Waals surface area (Å²) in [5, 5.41) is 24.6. The van der Waals surface area contributed by atoms with Crippen LogP contribution in [0.25, 0.3) is 0 Å². The molecule has 3 rings (SSSR count).